The summed E-state index contributed by atoms with van der Waals surface area (Å²) in [5, 5.41) is 0. The Hall–Kier alpha value is -1.22. The van der Waals surface area contributed by atoms with E-state index in [1.807, 2.05) is 0 Å². The van der Waals surface area contributed by atoms with E-state index in [0.29, 0.717) is 0 Å². The highest BCUT2D eigenvalue weighted by Gasteiger charge is 2.43. The van der Waals surface area contributed by atoms with Crippen LogP contribution in [0.4, 0.5) is 0 Å². The lowest BCUT2D eigenvalue weighted by atomic mass is 10.2. The molecule has 0 radical (unpaired) electrons. The standard InChI is InChI=1S/C10H14O8/c1-13-7(11)9-15-3-6-5(17-9)4-16-10(18-6)8(12)14-2/h5-6,9-10H,3-4H2,1-2H3/t5-,6-,9-,10+/m1/s1. The van der Waals surface area contributed by atoms with Gasteiger partial charge in [-0.25, -0.2) is 9.59 Å². The van der Waals surface area contributed by atoms with E-state index >= 15 is 0 Å². The first-order valence-corrected chi connectivity index (χ1v) is 5.35. The van der Waals surface area contributed by atoms with Crippen molar-refractivity contribution >= 4 is 11.9 Å². The average molecular weight is 262 g/mol. The second-order valence-electron chi connectivity index (χ2n) is 3.73. The highest BCUT2D eigenvalue weighted by Crippen LogP contribution is 2.23. The fraction of sp³-hybridized carbons (Fsp3) is 0.800. The van der Waals surface area contributed by atoms with Crippen LogP contribution in [0.1, 0.15) is 0 Å². The number of hydrogen-bond acceptors (Lipinski definition) is 8. The van der Waals surface area contributed by atoms with Gasteiger partial charge in [0, 0.05) is 0 Å². The van der Waals surface area contributed by atoms with Gasteiger partial charge in [-0.05, 0) is 0 Å². The fourth-order valence-electron chi connectivity index (χ4n) is 1.67. The Morgan fingerprint density at radius 1 is 0.889 bits per heavy atom. The first-order chi connectivity index (χ1) is 8.65. The lowest BCUT2D eigenvalue weighted by Crippen LogP contribution is -2.56. The monoisotopic (exact) mass is 262 g/mol. The molecule has 0 aliphatic carbocycles. The van der Waals surface area contributed by atoms with Gasteiger partial charge in [0.25, 0.3) is 12.6 Å². The van der Waals surface area contributed by atoms with E-state index in [9.17, 15) is 9.59 Å². The molecule has 0 aromatic heterocycles. The predicted octanol–water partition coefficient (Wildman–Crippen LogP) is -1.18. The maximum absolute atomic E-state index is 11.2. The van der Waals surface area contributed by atoms with Gasteiger partial charge in [0.2, 0.25) is 0 Å². The minimum absolute atomic E-state index is 0.112. The molecule has 0 saturated carbocycles. The lowest BCUT2D eigenvalue weighted by molar-refractivity contribution is -0.327. The quantitative estimate of drug-likeness (QED) is 0.574. The van der Waals surface area contributed by atoms with Crippen molar-refractivity contribution in [3.8, 4) is 0 Å². The molecule has 18 heavy (non-hydrogen) atoms. The molecule has 2 aliphatic heterocycles. The largest absolute Gasteiger partial charge is 0.465 e. The van der Waals surface area contributed by atoms with Crippen LogP contribution in [-0.2, 0) is 38.0 Å². The summed E-state index contributed by atoms with van der Waals surface area (Å²) >= 11 is 0. The van der Waals surface area contributed by atoms with E-state index in [4.69, 9.17) is 18.9 Å². The summed E-state index contributed by atoms with van der Waals surface area (Å²) in [7, 11) is 2.48. The van der Waals surface area contributed by atoms with Gasteiger partial charge in [0.1, 0.15) is 12.2 Å². The van der Waals surface area contributed by atoms with Crippen LogP contribution < -0.4 is 0 Å². The molecule has 2 heterocycles. The van der Waals surface area contributed by atoms with Gasteiger partial charge < -0.3 is 28.4 Å². The van der Waals surface area contributed by atoms with Gasteiger partial charge in [-0.3, -0.25) is 0 Å². The molecule has 0 N–H and O–H groups in total. The van der Waals surface area contributed by atoms with Crippen LogP contribution in [-0.4, -0.2) is 64.2 Å². The third kappa shape index (κ3) is 2.61. The number of esters is 2. The summed E-state index contributed by atoms with van der Waals surface area (Å²) in [6.07, 6.45) is -3.14. The van der Waals surface area contributed by atoms with Gasteiger partial charge in [0.05, 0.1) is 27.4 Å². The van der Waals surface area contributed by atoms with Crippen molar-refractivity contribution in [3.05, 3.63) is 0 Å². The third-order valence-electron chi connectivity index (χ3n) is 2.62. The Kier molecular flexibility index (Phi) is 4.12. The number of rotatable bonds is 2. The number of hydrogen-bond donors (Lipinski definition) is 0. The van der Waals surface area contributed by atoms with E-state index in [0.717, 1.165) is 0 Å². The first kappa shape index (κ1) is 13.2. The van der Waals surface area contributed by atoms with Crippen LogP contribution in [0.5, 0.6) is 0 Å². The van der Waals surface area contributed by atoms with Crippen molar-refractivity contribution in [1.82, 2.24) is 0 Å². The molecule has 8 nitrogen and oxygen atoms in total. The molecule has 2 saturated heterocycles. The van der Waals surface area contributed by atoms with Crippen molar-refractivity contribution in [2.45, 2.75) is 24.8 Å². The van der Waals surface area contributed by atoms with Crippen molar-refractivity contribution < 1.29 is 38.0 Å². The lowest BCUT2D eigenvalue weighted by Gasteiger charge is -2.39. The first-order valence-electron chi connectivity index (χ1n) is 5.35. The normalized spacial score (nSPS) is 35.4. The fourth-order valence-corrected chi connectivity index (χ4v) is 1.67. The summed E-state index contributed by atoms with van der Waals surface area (Å²) in [6, 6.07) is 0. The van der Waals surface area contributed by atoms with Crippen molar-refractivity contribution in [3.63, 3.8) is 0 Å². The van der Waals surface area contributed by atoms with Gasteiger partial charge in [-0.2, -0.15) is 0 Å². The van der Waals surface area contributed by atoms with E-state index in [1.54, 1.807) is 0 Å². The zero-order chi connectivity index (χ0) is 13.1. The number of methoxy groups -OCH3 is 2. The molecule has 102 valence electrons. The summed E-state index contributed by atoms with van der Waals surface area (Å²) in [5.41, 5.74) is 0. The third-order valence-corrected chi connectivity index (χ3v) is 2.62. The van der Waals surface area contributed by atoms with Crippen LogP contribution >= 0.6 is 0 Å². The van der Waals surface area contributed by atoms with Crippen molar-refractivity contribution in [1.29, 1.82) is 0 Å². The molecule has 2 aliphatic rings. The van der Waals surface area contributed by atoms with Crippen LogP contribution in [0.3, 0.4) is 0 Å². The minimum Gasteiger partial charge on any atom is -0.465 e. The Morgan fingerprint density at radius 3 is 1.61 bits per heavy atom. The molecular formula is C10H14O8. The maximum Gasteiger partial charge on any atom is 0.363 e. The maximum atomic E-state index is 11.2. The van der Waals surface area contributed by atoms with E-state index < -0.39 is 36.7 Å². The Labute approximate surface area is 103 Å². The van der Waals surface area contributed by atoms with Gasteiger partial charge in [-0.1, -0.05) is 0 Å². The predicted molar refractivity (Wildman–Crippen MR) is 53.3 cm³/mol. The minimum atomic E-state index is -1.09. The average Bonchev–Trinajstić information content (AvgIpc) is 2.44. The SMILES string of the molecule is COC(=O)[C@@H]1OC[C@H]2O[C@@H](C(=O)OC)OC[C@H]2O1. The molecule has 0 spiro atoms. The van der Waals surface area contributed by atoms with Crippen LogP contribution in [0.2, 0.25) is 0 Å². The Balaban J connectivity index is 1.91. The smallest absolute Gasteiger partial charge is 0.363 e. The van der Waals surface area contributed by atoms with Gasteiger partial charge in [0.15, 0.2) is 0 Å². The second kappa shape index (κ2) is 5.61. The number of ether oxygens (including phenoxy) is 6. The molecule has 0 unspecified atom stereocenters. The molecule has 2 fully saturated rings. The summed E-state index contributed by atoms with van der Waals surface area (Å²) in [5.74, 6) is -1.24. The zero-order valence-corrected chi connectivity index (χ0v) is 9.99. The molecule has 0 aromatic carbocycles. The van der Waals surface area contributed by atoms with Gasteiger partial charge in [-0.15, -0.1) is 0 Å². The topological polar surface area (TPSA) is 89.5 Å². The second-order valence-corrected chi connectivity index (χ2v) is 3.73. The highest BCUT2D eigenvalue weighted by atomic mass is 16.8. The van der Waals surface area contributed by atoms with Crippen LogP contribution in [0, 0.1) is 0 Å². The molecular weight excluding hydrogens is 248 g/mol. The number of fused-ring (bicyclic) bond motifs is 1. The highest BCUT2D eigenvalue weighted by molar-refractivity contribution is 5.73. The summed E-state index contributed by atoms with van der Waals surface area (Å²) in [4.78, 5) is 22.5. The van der Waals surface area contributed by atoms with Gasteiger partial charge >= 0.3 is 11.9 Å². The van der Waals surface area contributed by atoms with Crippen molar-refractivity contribution in [2.24, 2.45) is 0 Å². The number of carbonyl (C=O) groups is 2. The van der Waals surface area contributed by atoms with Crippen molar-refractivity contribution in [2.75, 3.05) is 27.4 Å². The molecule has 8 heteroatoms. The zero-order valence-electron chi connectivity index (χ0n) is 9.99. The molecule has 0 aromatic rings. The Bertz CT molecular complexity index is 298. The molecule has 0 amide bonds. The Morgan fingerprint density at radius 2 is 1.28 bits per heavy atom. The van der Waals surface area contributed by atoms with E-state index in [2.05, 4.69) is 9.47 Å². The van der Waals surface area contributed by atoms with Crippen LogP contribution in [0.15, 0.2) is 0 Å². The summed E-state index contributed by atoms with van der Waals surface area (Å²) < 4.78 is 29.9. The molecule has 0 bridgehead atoms. The number of carbonyl (C=O) groups excluding carboxylic acids is 2. The van der Waals surface area contributed by atoms with E-state index in [-0.39, 0.29) is 13.2 Å². The molecule has 2 rings (SSSR count). The molecule has 4 atom stereocenters. The van der Waals surface area contributed by atoms with E-state index in [1.165, 1.54) is 14.2 Å². The van der Waals surface area contributed by atoms with Crippen LogP contribution in [0.25, 0.3) is 0 Å². The summed E-state index contributed by atoms with van der Waals surface area (Å²) in [6.45, 7) is 0.225.